The lowest BCUT2D eigenvalue weighted by atomic mass is 10.1. The van der Waals surface area contributed by atoms with E-state index in [2.05, 4.69) is 0 Å². The average molecular weight is 338 g/mol. The number of halogens is 3. The van der Waals surface area contributed by atoms with Crippen molar-refractivity contribution < 1.29 is 27.9 Å². The summed E-state index contributed by atoms with van der Waals surface area (Å²) >= 11 is 0. The van der Waals surface area contributed by atoms with Gasteiger partial charge in [-0.25, -0.2) is 9.59 Å². The molecule has 0 bridgehead atoms. The topological polar surface area (TPSA) is 83.6 Å². The molecule has 5 nitrogen and oxygen atoms in total. The number of rotatable bonds is 4. The lowest BCUT2D eigenvalue weighted by molar-refractivity contribution is -0.137. The lowest BCUT2D eigenvalue weighted by Gasteiger charge is -2.22. The number of aromatic carboxylic acids is 1. The molecule has 0 spiro atoms. The molecule has 0 aliphatic carbocycles. The van der Waals surface area contributed by atoms with Crippen molar-refractivity contribution in [2.45, 2.75) is 12.7 Å². The summed E-state index contributed by atoms with van der Waals surface area (Å²) in [4.78, 5) is 23.9. The van der Waals surface area contributed by atoms with Crippen molar-refractivity contribution >= 4 is 17.7 Å². The van der Waals surface area contributed by atoms with Crippen LogP contribution in [-0.2, 0) is 12.7 Å². The maximum absolute atomic E-state index is 12.8. The summed E-state index contributed by atoms with van der Waals surface area (Å²) in [5, 5.41) is 9.19. The third-order valence-corrected chi connectivity index (χ3v) is 3.29. The van der Waals surface area contributed by atoms with Crippen LogP contribution in [0, 0.1) is 0 Å². The van der Waals surface area contributed by atoms with E-state index < -0.39 is 23.7 Å². The summed E-state index contributed by atoms with van der Waals surface area (Å²) in [6, 6.07) is 9.04. The lowest BCUT2D eigenvalue weighted by Crippen LogP contribution is -2.36. The third kappa shape index (κ3) is 3.83. The molecule has 0 heterocycles. The predicted octanol–water partition coefficient (Wildman–Crippen LogP) is 3.49. The van der Waals surface area contributed by atoms with Gasteiger partial charge in [0, 0.05) is 0 Å². The maximum Gasteiger partial charge on any atom is 0.416 e. The SMILES string of the molecule is NC(=O)N(Cc1cccc(C(F)(F)F)c1)c1ccccc1C(=O)O. The molecule has 126 valence electrons. The first-order chi connectivity index (χ1) is 11.2. The number of nitrogens with two attached hydrogens (primary N) is 1. The molecule has 0 saturated carbocycles. The number of carbonyl (C=O) groups is 2. The van der Waals surface area contributed by atoms with Crippen LogP contribution in [0.4, 0.5) is 23.7 Å². The fourth-order valence-corrected chi connectivity index (χ4v) is 2.20. The van der Waals surface area contributed by atoms with Crippen molar-refractivity contribution in [3.8, 4) is 0 Å². The van der Waals surface area contributed by atoms with E-state index in [1.54, 1.807) is 0 Å². The van der Waals surface area contributed by atoms with Gasteiger partial charge in [0.1, 0.15) is 0 Å². The van der Waals surface area contributed by atoms with E-state index in [0.717, 1.165) is 17.0 Å². The minimum absolute atomic E-state index is 0.00918. The number of urea groups is 1. The Morgan fingerprint density at radius 3 is 2.33 bits per heavy atom. The van der Waals surface area contributed by atoms with E-state index in [0.29, 0.717) is 0 Å². The second kappa shape index (κ2) is 6.61. The Morgan fingerprint density at radius 1 is 1.08 bits per heavy atom. The summed E-state index contributed by atoms with van der Waals surface area (Å²) in [7, 11) is 0. The molecule has 0 saturated heterocycles. The second-order valence-corrected chi connectivity index (χ2v) is 4.94. The highest BCUT2D eigenvalue weighted by Crippen LogP contribution is 2.30. The molecular formula is C16H13F3N2O3. The number of hydrogen-bond donors (Lipinski definition) is 2. The van der Waals surface area contributed by atoms with Crippen LogP contribution < -0.4 is 10.6 Å². The van der Waals surface area contributed by atoms with Gasteiger partial charge in [-0.2, -0.15) is 13.2 Å². The fourth-order valence-electron chi connectivity index (χ4n) is 2.20. The highest BCUT2D eigenvalue weighted by molar-refractivity contribution is 6.00. The fraction of sp³-hybridized carbons (Fsp3) is 0.125. The van der Waals surface area contributed by atoms with Crippen molar-refractivity contribution in [1.29, 1.82) is 0 Å². The maximum atomic E-state index is 12.8. The van der Waals surface area contributed by atoms with E-state index in [9.17, 15) is 27.9 Å². The van der Waals surface area contributed by atoms with Crippen LogP contribution in [0.3, 0.4) is 0 Å². The first-order valence-corrected chi connectivity index (χ1v) is 6.75. The molecule has 2 aromatic carbocycles. The van der Waals surface area contributed by atoms with E-state index in [1.807, 2.05) is 0 Å². The molecule has 2 rings (SSSR count). The van der Waals surface area contributed by atoms with Crippen LogP contribution in [0.1, 0.15) is 21.5 Å². The molecule has 0 aliphatic rings. The highest BCUT2D eigenvalue weighted by Gasteiger charge is 2.30. The zero-order valence-corrected chi connectivity index (χ0v) is 12.2. The Balaban J connectivity index is 2.41. The monoisotopic (exact) mass is 338 g/mol. The number of anilines is 1. The van der Waals surface area contributed by atoms with E-state index >= 15 is 0 Å². The molecule has 0 radical (unpaired) electrons. The number of hydrogen-bond acceptors (Lipinski definition) is 2. The molecule has 0 aromatic heterocycles. The molecule has 0 atom stereocenters. The van der Waals surface area contributed by atoms with Gasteiger partial charge in [-0.1, -0.05) is 24.3 Å². The van der Waals surface area contributed by atoms with Gasteiger partial charge < -0.3 is 10.8 Å². The number of carboxylic acid groups (broad SMARTS) is 1. The Hall–Kier alpha value is -3.03. The summed E-state index contributed by atoms with van der Waals surface area (Å²) in [5.74, 6) is -1.28. The van der Waals surface area contributed by atoms with Crippen LogP contribution in [0.25, 0.3) is 0 Å². The van der Waals surface area contributed by atoms with E-state index in [-0.39, 0.29) is 23.4 Å². The Kier molecular flexibility index (Phi) is 4.77. The minimum atomic E-state index is -4.52. The van der Waals surface area contributed by atoms with Crippen LogP contribution >= 0.6 is 0 Å². The van der Waals surface area contributed by atoms with Crippen LogP contribution in [0.5, 0.6) is 0 Å². The molecular weight excluding hydrogens is 325 g/mol. The zero-order valence-electron chi connectivity index (χ0n) is 12.2. The summed E-state index contributed by atoms with van der Waals surface area (Å²) in [6.07, 6.45) is -4.52. The number of primary amides is 1. The normalized spacial score (nSPS) is 11.1. The van der Waals surface area contributed by atoms with Gasteiger partial charge in [0.15, 0.2) is 0 Å². The molecule has 2 amide bonds. The minimum Gasteiger partial charge on any atom is -0.478 e. The van der Waals surface area contributed by atoms with Crippen molar-refractivity contribution in [2.24, 2.45) is 5.73 Å². The van der Waals surface area contributed by atoms with E-state index in [4.69, 9.17) is 5.73 Å². The summed E-state index contributed by atoms with van der Waals surface area (Å²) in [6.45, 7) is -0.288. The standard InChI is InChI=1S/C16H13F3N2O3/c17-16(18,19)11-5-3-4-10(8-11)9-21(15(20)24)13-7-2-1-6-12(13)14(22)23/h1-8H,9H2,(H2,20,24)(H,22,23). The van der Waals surface area contributed by atoms with Crippen molar-refractivity contribution in [1.82, 2.24) is 0 Å². The largest absolute Gasteiger partial charge is 0.478 e. The quantitative estimate of drug-likeness (QED) is 0.895. The number of benzene rings is 2. The van der Waals surface area contributed by atoms with Gasteiger partial charge in [0.25, 0.3) is 0 Å². The number of para-hydroxylation sites is 1. The molecule has 2 aromatic rings. The van der Waals surface area contributed by atoms with Crippen LogP contribution in [0.2, 0.25) is 0 Å². The smallest absolute Gasteiger partial charge is 0.416 e. The van der Waals surface area contributed by atoms with Crippen molar-refractivity contribution in [2.75, 3.05) is 4.90 Å². The number of carboxylic acids is 1. The number of amides is 2. The van der Waals surface area contributed by atoms with Gasteiger partial charge in [-0.15, -0.1) is 0 Å². The van der Waals surface area contributed by atoms with Gasteiger partial charge in [0.05, 0.1) is 23.4 Å². The van der Waals surface area contributed by atoms with Gasteiger partial charge in [-0.3, -0.25) is 4.90 Å². The van der Waals surface area contributed by atoms with Crippen LogP contribution in [-0.4, -0.2) is 17.1 Å². The van der Waals surface area contributed by atoms with E-state index in [1.165, 1.54) is 36.4 Å². The molecule has 24 heavy (non-hydrogen) atoms. The van der Waals surface area contributed by atoms with Gasteiger partial charge >= 0.3 is 18.2 Å². The molecule has 0 unspecified atom stereocenters. The molecule has 0 fully saturated rings. The first kappa shape index (κ1) is 17.3. The number of nitrogens with zero attached hydrogens (tertiary/aromatic N) is 1. The highest BCUT2D eigenvalue weighted by atomic mass is 19.4. The predicted molar refractivity (Wildman–Crippen MR) is 80.6 cm³/mol. The summed E-state index contributed by atoms with van der Waals surface area (Å²) in [5.41, 5.74) is 4.42. The number of alkyl halides is 3. The summed E-state index contributed by atoms with van der Waals surface area (Å²) < 4.78 is 38.3. The Morgan fingerprint density at radius 2 is 1.75 bits per heavy atom. The second-order valence-electron chi connectivity index (χ2n) is 4.94. The van der Waals surface area contributed by atoms with Gasteiger partial charge in [-0.05, 0) is 29.8 Å². The van der Waals surface area contributed by atoms with Crippen molar-refractivity contribution in [3.63, 3.8) is 0 Å². The molecule has 3 N–H and O–H groups in total. The first-order valence-electron chi connectivity index (χ1n) is 6.75. The van der Waals surface area contributed by atoms with Crippen molar-refractivity contribution in [3.05, 3.63) is 65.2 Å². The Bertz CT molecular complexity index is 775. The number of carbonyl (C=O) groups excluding carboxylic acids is 1. The zero-order chi connectivity index (χ0) is 17.9. The molecule has 0 aliphatic heterocycles. The Labute approximate surface area is 135 Å². The molecule has 8 heteroatoms. The van der Waals surface area contributed by atoms with Crippen LogP contribution in [0.15, 0.2) is 48.5 Å². The average Bonchev–Trinajstić information content (AvgIpc) is 2.52. The van der Waals surface area contributed by atoms with Gasteiger partial charge in [0.2, 0.25) is 0 Å². The third-order valence-electron chi connectivity index (χ3n) is 3.29.